The minimum Gasteiger partial charge on any atom is -0.308 e. The molecule has 0 spiro atoms. The summed E-state index contributed by atoms with van der Waals surface area (Å²) in [5.41, 5.74) is 1.14. The van der Waals surface area contributed by atoms with Crippen LogP contribution in [0.5, 0.6) is 0 Å². The fourth-order valence-electron chi connectivity index (χ4n) is 2.16. The van der Waals surface area contributed by atoms with Gasteiger partial charge in [-0.1, -0.05) is 0 Å². The highest BCUT2D eigenvalue weighted by molar-refractivity contribution is 7.09. The Morgan fingerprint density at radius 1 is 1.50 bits per heavy atom. The zero-order chi connectivity index (χ0) is 11.4. The zero-order valence-electron chi connectivity index (χ0n) is 10.2. The Morgan fingerprint density at radius 2 is 2.38 bits per heavy atom. The van der Waals surface area contributed by atoms with Gasteiger partial charge >= 0.3 is 0 Å². The number of likely N-dealkylation sites (tertiary alicyclic amines) is 1. The summed E-state index contributed by atoms with van der Waals surface area (Å²) in [7, 11) is 2.21. The monoisotopic (exact) mass is 239 g/mol. The van der Waals surface area contributed by atoms with Crippen LogP contribution < -0.4 is 5.32 Å². The van der Waals surface area contributed by atoms with Crippen molar-refractivity contribution >= 4 is 11.3 Å². The number of thiazole rings is 1. The van der Waals surface area contributed by atoms with Crippen molar-refractivity contribution in [3.63, 3.8) is 0 Å². The largest absolute Gasteiger partial charge is 0.308 e. The number of nitrogens with zero attached hydrogens (tertiary/aromatic N) is 2. The summed E-state index contributed by atoms with van der Waals surface area (Å²) in [5.74, 6) is 0. The van der Waals surface area contributed by atoms with Crippen LogP contribution in [0.2, 0.25) is 0 Å². The summed E-state index contributed by atoms with van der Waals surface area (Å²) in [6, 6.07) is 0.675. The third kappa shape index (κ3) is 3.54. The van der Waals surface area contributed by atoms with Gasteiger partial charge in [-0.05, 0) is 46.3 Å². The SMILES string of the molecule is Cc1csc(CNC2CCCN(C)CC2)n1. The van der Waals surface area contributed by atoms with Crippen molar-refractivity contribution in [3.8, 4) is 0 Å². The highest BCUT2D eigenvalue weighted by Crippen LogP contribution is 2.12. The lowest BCUT2D eigenvalue weighted by atomic mass is 10.1. The molecule has 1 aromatic rings. The van der Waals surface area contributed by atoms with Crippen LogP contribution in [-0.4, -0.2) is 36.1 Å². The van der Waals surface area contributed by atoms with E-state index in [1.54, 1.807) is 11.3 Å². The van der Waals surface area contributed by atoms with Gasteiger partial charge in [0.15, 0.2) is 0 Å². The Hall–Kier alpha value is -0.450. The van der Waals surface area contributed by atoms with Crippen LogP contribution in [-0.2, 0) is 6.54 Å². The molecular formula is C12H21N3S. The van der Waals surface area contributed by atoms with Crippen LogP contribution in [0, 0.1) is 6.92 Å². The van der Waals surface area contributed by atoms with Gasteiger partial charge in [0, 0.05) is 23.7 Å². The van der Waals surface area contributed by atoms with Gasteiger partial charge in [0.2, 0.25) is 0 Å². The average molecular weight is 239 g/mol. The predicted octanol–water partition coefficient (Wildman–Crippen LogP) is 2.03. The first-order valence-corrected chi connectivity index (χ1v) is 6.95. The van der Waals surface area contributed by atoms with Crippen molar-refractivity contribution in [1.82, 2.24) is 15.2 Å². The van der Waals surface area contributed by atoms with E-state index in [9.17, 15) is 0 Å². The Bertz CT molecular complexity index is 324. The zero-order valence-corrected chi connectivity index (χ0v) is 11.0. The molecule has 1 aromatic heterocycles. The summed E-state index contributed by atoms with van der Waals surface area (Å²) >= 11 is 1.76. The summed E-state index contributed by atoms with van der Waals surface area (Å²) < 4.78 is 0. The third-order valence-corrected chi connectivity index (χ3v) is 4.13. The minimum atomic E-state index is 0.675. The molecule has 16 heavy (non-hydrogen) atoms. The van der Waals surface area contributed by atoms with E-state index in [0.29, 0.717) is 6.04 Å². The summed E-state index contributed by atoms with van der Waals surface area (Å²) in [5, 5.41) is 6.97. The lowest BCUT2D eigenvalue weighted by molar-refractivity contribution is 0.343. The molecular weight excluding hydrogens is 218 g/mol. The van der Waals surface area contributed by atoms with E-state index in [1.165, 1.54) is 37.4 Å². The Morgan fingerprint density at radius 3 is 3.12 bits per heavy atom. The maximum absolute atomic E-state index is 4.48. The first-order valence-electron chi connectivity index (χ1n) is 6.07. The van der Waals surface area contributed by atoms with E-state index in [-0.39, 0.29) is 0 Å². The van der Waals surface area contributed by atoms with E-state index < -0.39 is 0 Å². The van der Waals surface area contributed by atoms with Crippen LogP contribution in [0.1, 0.15) is 30.0 Å². The van der Waals surface area contributed by atoms with E-state index in [2.05, 4.69) is 34.6 Å². The fourth-order valence-corrected chi connectivity index (χ4v) is 2.88. The van der Waals surface area contributed by atoms with Crippen LogP contribution >= 0.6 is 11.3 Å². The molecule has 1 N–H and O–H groups in total. The standard InChI is InChI=1S/C12H21N3S/c1-10-9-16-12(14-10)8-13-11-4-3-6-15(2)7-5-11/h9,11,13H,3-8H2,1-2H3. The summed E-state index contributed by atoms with van der Waals surface area (Å²) in [6.07, 6.45) is 3.88. The summed E-state index contributed by atoms with van der Waals surface area (Å²) in [6.45, 7) is 5.45. The Kier molecular flexibility index (Phi) is 4.32. The molecule has 1 fully saturated rings. The van der Waals surface area contributed by atoms with E-state index in [1.807, 2.05) is 0 Å². The Balaban J connectivity index is 1.77. The lowest BCUT2D eigenvalue weighted by Crippen LogP contribution is -2.29. The van der Waals surface area contributed by atoms with Gasteiger partial charge < -0.3 is 10.2 Å². The maximum Gasteiger partial charge on any atom is 0.107 e. The van der Waals surface area contributed by atoms with Crippen molar-refractivity contribution in [2.24, 2.45) is 0 Å². The van der Waals surface area contributed by atoms with Crippen molar-refractivity contribution < 1.29 is 0 Å². The second-order valence-corrected chi connectivity index (χ2v) is 5.64. The van der Waals surface area contributed by atoms with Gasteiger partial charge in [0.1, 0.15) is 5.01 Å². The third-order valence-electron chi connectivity index (χ3n) is 3.16. The molecule has 0 aromatic carbocycles. The smallest absolute Gasteiger partial charge is 0.107 e. The molecule has 1 atom stereocenters. The van der Waals surface area contributed by atoms with Crippen molar-refractivity contribution in [2.75, 3.05) is 20.1 Å². The molecule has 1 unspecified atom stereocenters. The number of hydrogen-bond acceptors (Lipinski definition) is 4. The number of aromatic nitrogens is 1. The molecule has 0 radical (unpaired) electrons. The Labute approximate surface area is 102 Å². The van der Waals surface area contributed by atoms with E-state index in [4.69, 9.17) is 0 Å². The molecule has 4 heteroatoms. The molecule has 0 aliphatic carbocycles. The van der Waals surface area contributed by atoms with Gasteiger partial charge in [-0.3, -0.25) is 0 Å². The first-order chi connectivity index (χ1) is 7.74. The van der Waals surface area contributed by atoms with Crippen molar-refractivity contribution in [3.05, 3.63) is 16.1 Å². The highest BCUT2D eigenvalue weighted by atomic mass is 32.1. The number of rotatable bonds is 3. The number of aryl methyl sites for hydroxylation is 1. The van der Waals surface area contributed by atoms with Crippen molar-refractivity contribution in [2.45, 2.75) is 38.8 Å². The summed E-state index contributed by atoms with van der Waals surface area (Å²) in [4.78, 5) is 6.90. The van der Waals surface area contributed by atoms with Gasteiger partial charge in [0.25, 0.3) is 0 Å². The van der Waals surface area contributed by atoms with Gasteiger partial charge in [-0.2, -0.15) is 0 Å². The molecule has 1 aliphatic rings. The average Bonchev–Trinajstić information content (AvgIpc) is 2.56. The van der Waals surface area contributed by atoms with Crippen molar-refractivity contribution in [1.29, 1.82) is 0 Å². The van der Waals surface area contributed by atoms with Crippen LogP contribution in [0.25, 0.3) is 0 Å². The van der Waals surface area contributed by atoms with Crippen LogP contribution in [0.3, 0.4) is 0 Å². The van der Waals surface area contributed by atoms with Gasteiger partial charge in [-0.25, -0.2) is 4.98 Å². The number of hydrogen-bond donors (Lipinski definition) is 1. The topological polar surface area (TPSA) is 28.2 Å². The highest BCUT2D eigenvalue weighted by Gasteiger charge is 2.14. The number of nitrogens with one attached hydrogen (secondary N) is 1. The fraction of sp³-hybridized carbons (Fsp3) is 0.750. The molecule has 0 bridgehead atoms. The molecule has 90 valence electrons. The molecule has 1 saturated heterocycles. The van der Waals surface area contributed by atoms with Gasteiger partial charge in [0.05, 0.1) is 0 Å². The minimum absolute atomic E-state index is 0.675. The van der Waals surface area contributed by atoms with Crippen LogP contribution in [0.4, 0.5) is 0 Å². The lowest BCUT2D eigenvalue weighted by Gasteiger charge is -2.15. The first kappa shape index (κ1) is 12.0. The second kappa shape index (κ2) is 5.75. The van der Waals surface area contributed by atoms with E-state index >= 15 is 0 Å². The quantitative estimate of drug-likeness (QED) is 0.875. The maximum atomic E-state index is 4.48. The molecule has 3 nitrogen and oxygen atoms in total. The molecule has 0 saturated carbocycles. The van der Waals surface area contributed by atoms with Crippen LogP contribution in [0.15, 0.2) is 5.38 Å². The predicted molar refractivity (Wildman–Crippen MR) is 68.8 cm³/mol. The molecule has 2 heterocycles. The molecule has 1 aliphatic heterocycles. The van der Waals surface area contributed by atoms with Gasteiger partial charge in [-0.15, -0.1) is 11.3 Å². The second-order valence-electron chi connectivity index (χ2n) is 4.69. The van der Waals surface area contributed by atoms with E-state index in [0.717, 1.165) is 12.2 Å². The normalized spacial score (nSPS) is 23.2. The molecule has 0 amide bonds. The molecule has 2 rings (SSSR count).